The molecule has 0 spiro atoms. The number of nitrogens with one attached hydrogen (secondary N) is 1. The highest BCUT2D eigenvalue weighted by Gasteiger charge is 2.20. The summed E-state index contributed by atoms with van der Waals surface area (Å²) in [6.45, 7) is 3.41. The number of hydrogen-bond donors (Lipinski definition) is 1. The van der Waals surface area contributed by atoms with E-state index in [1.807, 2.05) is 49.4 Å². The van der Waals surface area contributed by atoms with Crippen LogP contribution in [-0.4, -0.2) is 36.2 Å². The van der Waals surface area contributed by atoms with Gasteiger partial charge in [0.2, 0.25) is 0 Å². The highest BCUT2D eigenvalue weighted by atomic mass is 16.5. The van der Waals surface area contributed by atoms with Crippen molar-refractivity contribution in [1.29, 1.82) is 0 Å². The number of anilines is 1. The molecule has 29 heavy (non-hydrogen) atoms. The number of aryl methyl sites for hydroxylation is 1. The van der Waals surface area contributed by atoms with Crippen molar-refractivity contribution in [1.82, 2.24) is 9.88 Å². The molecule has 0 atom stereocenters. The van der Waals surface area contributed by atoms with E-state index in [1.54, 1.807) is 24.3 Å². The highest BCUT2D eigenvalue weighted by Crippen LogP contribution is 2.29. The van der Waals surface area contributed by atoms with Crippen LogP contribution in [0.3, 0.4) is 0 Å². The van der Waals surface area contributed by atoms with Gasteiger partial charge in [-0.1, -0.05) is 12.1 Å². The molecule has 0 saturated heterocycles. The van der Waals surface area contributed by atoms with E-state index in [1.165, 1.54) is 0 Å². The fraction of sp³-hybridized carbons (Fsp3) is 0.217. The predicted molar refractivity (Wildman–Crippen MR) is 112 cm³/mol. The molecule has 148 valence electrons. The quantitative estimate of drug-likeness (QED) is 0.717. The third kappa shape index (κ3) is 4.32. The van der Waals surface area contributed by atoms with Gasteiger partial charge >= 0.3 is 6.03 Å². The largest absolute Gasteiger partial charge is 0.497 e. The van der Waals surface area contributed by atoms with Crippen LogP contribution in [0.2, 0.25) is 0 Å². The van der Waals surface area contributed by atoms with E-state index in [2.05, 4.69) is 16.4 Å². The average molecular weight is 389 g/mol. The van der Waals surface area contributed by atoms with Crippen molar-refractivity contribution >= 4 is 11.7 Å². The molecule has 6 heteroatoms. The third-order valence-corrected chi connectivity index (χ3v) is 4.88. The fourth-order valence-corrected chi connectivity index (χ4v) is 3.38. The standard InChI is InChI=1S/C23H23N3O3/c1-16-12-18(8-9-24-16)17-6-7-22-19(13-17)15-26(10-11-29-22)23(27)25-20-4-3-5-21(14-20)28-2/h3-9,12-14H,10-11,15H2,1-2H3,(H,25,27). The van der Waals surface area contributed by atoms with Crippen LogP contribution in [0.25, 0.3) is 11.1 Å². The Balaban J connectivity index is 1.55. The van der Waals surface area contributed by atoms with Gasteiger partial charge in [-0.3, -0.25) is 4.98 Å². The highest BCUT2D eigenvalue weighted by molar-refractivity contribution is 5.89. The molecule has 2 aromatic carbocycles. The molecule has 1 N–H and O–H groups in total. The average Bonchev–Trinajstić information content (AvgIpc) is 2.96. The summed E-state index contributed by atoms with van der Waals surface area (Å²) >= 11 is 0. The Morgan fingerprint density at radius 2 is 2.00 bits per heavy atom. The van der Waals surface area contributed by atoms with Crippen LogP contribution >= 0.6 is 0 Å². The molecular formula is C23H23N3O3. The molecule has 0 aliphatic carbocycles. The molecule has 0 radical (unpaired) electrons. The summed E-state index contributed by atoms with van der Waals surface area (Å²) in [6, 6.07) is 17.3. The minimum Gasteiger partial charge on any atom is -0.497 e. The van der Waals surface area contributed by atoms with Crippen LogP contribution in [0.1, 0.15) is 11.3 Å². The van der Waals surface area contributed by atoms with E-state index in [4.69, 9.17) is 9.47 Å². The number of amides is 2. The molecule has 1 aromatic heterocycles. The van der Waals surface area contributed by atoms with E-state index in [-0.39, 0.29) is 6.03 Å². The number of benzene rings is 2. The van der Waals surface area contributed by atoms with Crippen molar-refractivity contribution in [3.63, 3.8) is 0 Å². The van der Waals surface area contributed by atoms with Gasteiger partial charge in [0.05, 0.1) is 20.2 Å². The summed E-state index contributed by atoms with van der Waals surface area (Å²) in [5.74, 6) is 1.51. The molecule has 4 rings (SSSR count). The van der Waals surface area contributed by atoms with Gasteiger partial charge in [-0.15, -0.1) is 0 Å². The molecular weight excluding hydrogens is 366 g/mol. The Labute approximate surface area is 170 Å². The molecule has 1 aliphatic rings. The summed E-state index contributed by atoms with van der Waals surface area (Å²) in [7, 11) is 1.60. The van der Waals surface area contributed by atoms with Gasteiger partial charge in [0.25, 0.3) is 0 Å². The molecule has 0 saturated carbocycles. The number of fused-ring (bicyclic) bond motifs is 1. The first-order valence-corrected chi connectivity index (χ1v) is 9.51. The maximum atomic E-state index is 12.8. The molecule has 0 bridgehead atoms. The Bertz CT molecular complexity index is 1040. The second-order valence-electron chi connectivity index (χ2n) is 6.94. The van der Waals surface area contributed by atoms with Crippen LogP contribution in [0, 0.1) is 6.92 Å². The number of aromatic nitrogens is 1. The first-order valence-electron chi connectivity index (χ1n) is 9.51. The van der Waals surface area contributed by atoms with Crippen molar-refractivity contribution in [2.75, 3.05) is 25.6 Å². The van der Waals surface area contributed by atoms with E-state index < -0.39 is 0 Å². The van der Waals surface area contributed by atoms with E-state index >= 15 is 0 Å². The zero-order valence-corrected chi connectivity index (χ0v) is 16.5. The van der Waals surface area contributed by atoms with Crippen molar-refractivity contribution in [3.8, 4) is 22.6 Å². The lowest BCUT2D eigenvalue weighted by Crippen LogP contribution is -2.36. The van der Waals surface area contributed by atoms with Crippen LogP contribution in [0.15, 0.2) is 60.8 Å². The minimum absolute atomic E-state index is 0.167. The van der Waals surface area contributed by atoms with Gasteiger partial charge in [0, 0.05) is 29.2 Å². The third-order valence-electron chi connectivity index (χ3n) is 4.88. The Hall–Kier alpha value is -3.54. The maximum absolute atomic E-state index is 12.8. The number of carbonyl (C=O) groups is 1. The number of methoxy groups -OCH3 is 1. The Morgan fingerprint density at radius 3 is 2.83 bits per heavy atom. The summed E-state index contributed by atoms with van der Waals surface area (Å²) in [5.41, 5.74) is 4.81. The molecule has 1 aliphatic heterocycles. The fourth-order valence-electron chi connectivity index (χ4n) is 3.38. The molecule has 6 nitrogen and oxygen atoms in total. The summed E-state index contributed by atoms with van der Waals surface area (Å²) in [5, 5.41) is 2.94. The predicted octanol–water partition coefficient (Wildman–Crippen LogP) is 4.49. The van der Waals surface area contributed by atoms with Gasteiger partial charge in [-0.05, 0) is 54.4 Å². The van der Waals surface area contributed by atoms with Gasteiger partial charge < -0.3 is 19.7 Å². The summed E-state index contributed by atoms with van der Waals surface area (Å²) < 4.78 is 11.1. The van der Waals surface area contributed by atoms with E-state index in [9.17, 15) is 4.79 Å². The van der Waals surface area contributed by atoms with Crippen molar-refractivity contribution < 1.29 is 14.3 Å². The van der Waals surface area contributed by atoms with E-state index in [0.29, 0.717) is 31.1 Å². The van der Waals surface area contributed by atoms with Crippen LogP contribution in [0.5, 0.6) is 11.5 Å². The second kappa shape index (κ2) is 8.22. The Kier molecular flexibility index (Phi) is 5.33. The summed E-state index contributed by atoms with van der Waals surface area (Å²) in [6.07, 6.45) is 1.81. The zero-order chi connectivity index (χ0) is 20.2. The molecule has 2 heterocycles. The smallest absolute Gasteiger partial charge is 0.322 e. The van der Waals surface area contributed by atoms with Crippen molar-refractivity contribution in [2.24, 2.45) is 0 Å². The maximum Gasteiger partial charge on any atom is 0.322 e. The molecule has 0 unspecified atom stereocenters. The number of nitrogens with zero attached hydrogens (tertiary/aromatic N) is 2. The normalized spacial score (nSPS) is 13.1. The summed E-state index contributed by atoms with van der Waals surface area (Å²) in [4.78, 5) is 18.9. The van der Waals surface area contributed by atoms with E-state index in [0.717, 1.165) is 28.1 Å². The molecule has 3 aromatic rings. The van der Waals surface area contributed by atoms with Gasteiger partial charge in [0.15, 0.2) is 0 Å². The lowest BCUT2D eigenvalue weighted by Gasteiger charge is -2.21. The number of carbonyl (C=O) groups excluding carboxylic acids is 1. The minimum atomic E-state index is -0.167. The topological polar surface area (TPSA) is 63.7 Å². The first-order chi connectivity index (χ1) is 14.1. The van der Waals surface area contributed by atoms with Crippen molar-refractivity contribution in [3.05, 3.63) is 72.1 Å². The van der Waals surface area contributed by atoms with Gasteiger partial charge in [-0.2, -0.15) is 0 Å². The zero-order valence-electron chi connectivity index (χ0n) is 16.5. The molecule has 0 fully saturated rings. The number of pyridine rings is 1. The SMILES string of the molecule is COc1cccc(NC(=O)N2CCOc3ccc(-c4ccnc(C)c4)cc3C2)c1. The number of urea groups is 1. The lowest BCUT2D eigenvalue weighted by atomic mass is 10.0. The lowest BCUT2D eigenvalue weighted by molar-refractivity contribution is 0.200. The number of ether oxygens (including phenoxy) is 2. The second-order valence-corrected chi connectivity index (χ2v) is 6.94. The van der Waals surface area contributed by atoms with Gasteiger partial charge in [-0.25, -0.2) is 4.79 Å². The van der Waals surface area contributed by atoms with Crippen LogP contribution in [-0.2, 0) is 6.54 Å². The van der Waals surface area contributed by atoms with Crippen molar-refractivity contribution in [2.45, 2.75) is 13.5 Å². The van der Waals surface area contributed by atoms with Crippen LogP contribution in [0.4, 0.5) is 10.5 Å². The number of rotatable bonds is 3. The Morgan fingerprint density at radius 1 is 1.14 bits per heavy atom. The molecule has 2 amide bonds. The number of hydrogen-bond acceptors (Lipinski definition) is 4. The first kappa shape index (κ1) is 18.8. The monoisotopic (exact) mass is 389 g/mol. The van der Waals surface area contributed by atoms with Gasteiger partial charge in [0.1, 0.15) is 18.1 Å². The van der Waals surface area contributed by atoms with Crippen LogP contribution < -0.4 is 14.8 Å².